The minimum atomic E-state index is -5.08. The standard InChI is InChI=1S/C35H49N.C2HF3O2/c1-22(2)10-9-11-23(3)27-16-17-28-26-14-15-30-33-24(4)25-12-7-8-13-31(25)36-32(33)19-21-35(30,6)29(26)18-20-34(27,28)5;3-2(4,5)1(6)7/h7-8,12-13,15,22-23,26-29H,9-11,14,16-21H2,1-6H3;(H,6,7). The molecule has 1 heterocycles. The van der Waals surface area contributed by atoms with E-state index in [1.807, 2.05) is 0 Å². The lowest BCUT2D eigenvalue weighted by atomic mass is 9.46. The Morgan fingerprint density at radius 3 is 2.42 bits per heavy atom. The highest BCUT2D eigenvalue weighted by atomic mass is 19.4. The molecular weight excluding hydrogens is 547 g/mol. The number of halogens is 3. The Hall–Kier alpha value is -2.37. The topological polar surface area (TPSA) is 50.2 Å². The van der Waals surface area contributed by atoms with Gasteiger partial charge in [0.2, 0.25) is 0 Å². The summed E-state index contributed by atoms with van der Waals surface area (Å²) in [4.78, 5) is 14.1. The smallest absolute Gasteiger partial charge is 0.475 e. The number of hydrogen-bond acceptors (Lipinski definition) is 2. The van der Waals surface area contributed by atoms with Crippen LogP contribution in [0.15, 0.2) is 30.3 Å². The number of nitrogens with zero attached hydrogens (tertiary/aromatic N) is 1. The Morgan fingerprint density at radius 2 is 1.74 bits per heavy atom. The molecule has 4 aliphatic rings. The van der Waals surface area contributed by atoms with Crippen molar-refractivity contribution in [2.45, 2.75) is 112 Å². The van der Waals surface area contributed by atoms with E-state index < -0.39 is 12.1 Å². The van der Waals surface area contributed by atoms with Crippen LogP contribution in [0, 0.1) is 53.3 Å². The molecule has 0 spiro atoms. The molecule has 0 aliphatic heterocycles. The first-order valence-corrected chi connectivity index (χ1v) is 16.6. The van der Waals surface area contributed by atoms with E-state index in [1.54, 1.807) is 5.57 Å². The van der Waals surface area contributed by atoms with E-state index in [9.17, 15) is 13.2 Å². The largest absolute Gasteiger partial charge is 0.490 e. The van der Waals surface area contributed by atoms with Crippen molar-refractivity contribution in [2.24, 2.45) is 46.3 Å². The van der Waals surface area contributed by atoms with Crippen LogP contribution in [-0.2, 0) is 11.2 Å². The quantitative estimate of drug-likeness (QED) is 0.373. The summed E-state index contributed by atoms with van der Waals surface area (Å²) in [6.45, 7) is 15.1. The maximum Gasteiger partial charge on any atom is 0.490 e. The Morgan fingerprint density at radius 1 is 1.05 bits per heavy atom. The van der Waals surface area contributed by atoms with Crippen molar-refractivity contribution in [3.63, 3.8) is 0 Å². The first-order valence-electron chi connectivity index (χ1n) is 16.6. The van der Waals surface area contributed by atoms with E-state index in [1.165, 1.54) is 85.5 Å². The first kappa shape index (κ1) is 32.0. The molecule has 2 saturated carbocycles. The van der Waals surface area contributed by atoms with Crippen LogP contribution in [0.4, 0.5) is 13.2 Å². The molecule has 7 unspecified atom stereocenters. The molecule has 4 aliphatic carbocycles. The molecular formula is C37H50F3NO2. The monoisotopic (exact) mass is 597 g/mol. The SMILES string of the molecule is Cc1c2c(nc3ccccc13)CCC1(C)C2=CCC2C1CCC1(C)C(C(C)CCCC(C)C)CCC21.O=C(O)C(F)(F)F. The van der Waals surface area contributed by atoms with Crippen LogP contribution in [0.2, 0.25) is 0 Å². The first-order chi connectivity index (χ1) is 20.2. The van der Waals surface area contributed by atoms with E-state index >= 15 is 0 Å². The fraction of sp³-hybridized carbons (Fsp3) is 0.676. The van der Waals surface area contributed by atoms with Gasteiger partial charge in [0.15, 0.2) is 0 Å². The third-order valence-corrected chi connectivity index (χ3v) is 12.3. The molecule has 236 valence electrons. The zero-order valence-electron chi connectivity index (χ0n) is 26.9. The molecule has 0 saturated heterocycles. The molecule has 0 bridgehead atoms. The van der Waals surface area contributed by atoms with E-state index in [0.29, 0.717) is 10.8 Å². The van der Waals surface area contributed by atoms with Gasteiger partial charge in [-0.25, -0.2) is 4.79 Å². The predicted octanol–water partition coefficient (Wildman–Crippen LogP) is 10.4. The summed E-state index contributed by atoms with van der Waals surface area (Å²) in [5, 5.41) is 8.48. The highest BCUT2D eigenvalue weighted by Gasteiger charge is 2.59. The second-order valence-corrected chi connectivity index (χ2v) is 15.1. The normalized spacial score (nSPS) is 32.1. The number of pyridine rings is 1. The van der Waals surface area contributed by atoms with Gasteiger partial charge in [0, 0.05) is 16.6 Å². The van der Waals surface area contributed by atoms with Crippen LogP contribution in [0.5, 0.6) is 0 Å². The number of aryl methyl sites for hydroxylation is 2. The van der Waals surface area contributed by atoms with Crippen molar-refractivity contribution in [1.82, 2.24) is 4.98 Å². The van der Waals surface area contributed by atoms with Crippen LogP contribution < -0.4 is 0 Å². The number of alkyl halides is 3. The highest BCUT2D eigenvalue weighted by Crippen LogP contribution is 2.68. The highest BCUT2D eigenvalue weighted by molar-refractivity contribution is 5.90. The van der Waals surface area contributed by atoms with Crippen molar-refractivity contribution in [2.75, 3.05) is 0 Å². The minimum absolute atomic E-state index is 0.326. The average Bonchev–Trinajstić information content (AvgIpc) is 3.30. The van der Waals surface area contributed by atoms with Crippen LogP contribution >= 0.6 is 0 Å². The Labute approximate surface area is 255 Å². The Balaban J connectivity index is 0.000000472. The summed E-state index contributed by atoms with van der Waals surface area (Å²) in [6.07, 6.45) is 11.5. The van der Waals surface area contributed by atoms with Gasteiger partial charge in [-0.1, -0.05) is 78.2 Å². The summed E-state index contributed by atoms with van der Waals surface area (Å²) in [5.74, 6) is 2.60. The lowest BCUT2D eigenvalue weighted by Gasteiger charge is -2.58. The number of hydrogen-bond donors (Lipinski definition) is 1. The van der Waals surface area contributed by atoms with Gasteiger partial charge >= 0.3 is 12.1 Å². The molecule has 43 heavy (non-hydrogen) atoms. The summed E-state index contributed by atoms with van der Waals surface area (Å²) in [6, 6.07) is 8.80. The number of rotatable bonds is 5. The van der Waals surface area contributed by atoms with Crippen LogP contribution in [0.25, 0.3) is 16.5 Å². The molecule has 0 amide bonds. The van der Waals surface area contributed by atoms with Crippen molar-refractivity contribution in [1.29, 1.82) is 0 Å². The van der Waals surface area contributed by atoms with Gasteiger partial charge in [0.1, 0.15) is 0 Å². The van der Waals surface area contributed by atoms with Crippen molar-refractivity contribution < 1.29 is 23.1 Å². The number of allylic oxidation sites excluding steroid dienone is 2. The van der Waals surface area contributed by atoms with Crippen molar-refractivity contribution >= 4 is 22.4 Å². The van der Waals surface area contributed by atoms with E-state index in [4.69, 9.17) is 14.9 Å². The lowest BCUT2D eigenvalue weighted by molar-refractivity contribution is -0.192. The van der Waals surface area contributed by atoms with E-state index in [-0.39, 0.29) is 0 Å². The maximum absolute atomic E-state index is 10.6. The number of aromatic nitrogens is 1. The second-order valence-electron chi connectivity index (χ2n) is 15.1. The minimum Gasteiger partial charge on any atom is -0.475 e. The zero-order valence-corrected chi connectivity index (χ0v) is 26.9. The number of para-hydroxylation sites is 1. The van der Waals surface area contributed by atoms with Gasteiger partial charge in [0.05, 0.1) is 5.52 Å². The van der Waals surface area contributed by atoms with E-state index in [2.05, 4.69) is 71.9 Å². The fourth-order valence-corrected chi connectivity index (χ4v) is 10.2. The Kier molecular flexibility index (Phi) is 8.83. The van der Waals surface area contributed by atoms with Gasteiger partial charge in [-0.05, 0) is 115 Å². The molecule has 3 nitrogen and oxygen atoms in total. The van der Waals surface area contributed by atoms with Crippen LogP contribution in [0.1, 0.15) is 109 Å². The summed E-state index contributed by atoms with van der Waals surface area (Å²) in [7, 11) is 0. The molecule has 1 N–H and O–H groups in total. The molecule has 6 heteroatoms. The molecule has 6 rings (SSSR count). The predicted molar refractivity (Wildman–Crippen MR) is 168 cm³/mol. The second kappa shape index (κ2) is 11.9. The number of carboxylic acid groups (broad SMARTS) is 1. The number of benzene rings is 1. The summed E-state index contributed by atoms with van der Waals surface area (Å²) < 4.78 is 31.7. The number of carboxylic acids is 1. The molecule has 0 radical (unpaired) electrons. The number of fused-ring (bicyclic) bond motifs is 8. The molecule has 2 fully saturated rings. The zero-order chi connectivity index (χ0) is 31.3. The molecule has 7 atom stereocenters. The average molecular weight is 598 g/mol. The third-order valence-electron chi connectivity index (χ3n) is 12.3. The summed E-state index contributed by atoms with van der Waals surface area (Å²) in [5.41, 5.74) is 8.11. The van der Waals surface area contributed by atoms with Crippen LogP contribution in [-0.4, -0.2) is 22.2 Å². The number of aliphatic carboxylic acids is 1. The summed E-state index contributed by atoms with van der Waals surface area (Å²) >= 11 is 0. The Bertz CT molecular complexity index is 1380. The van der Waals surface area contributed by atoms with Gasteiger partial charge in [-0.15, -0.1) is 0 Å². The fourth-order valence-electron chi connectivity index (χ4n) is 10.2. The molecule has 2 aromatic rings. The molecule has 1 aromatic heterocycles. The van der Waals surface area contributed by atoms with E-state index in [0.717, 1.165) is 41.9 Å². The lowest BCUT2D eigenvalue weighted by Crippen LogP contribution is -2.50. The molecule has 1 aromatic carbocycles. The van der Waals surface area contributed by atoms with Gasteiger partial charge in [-0.3, -0.25) is 4.98 Å². The van der Waals surface area contributed by atoms with Gasteiger partial charge in [-0.2, -0.15) is 13.2 Å². The van der Waals surface area contributed by atoms with Crippen molar-refractivity contribution in [3.05, 3.63) is 47.2 Å². The van der Waals surface area contributed by atoms with Gasteiger partial charge in [0.25, 0.3) is 0 Å². The third kappa shape index (κ3) is 5.77. The number of carbonyl (C=O) groups is 1. The van der Waals surface area contributed by atoms with Crippen LogP contribution in [0.3, 0.4) is 0 Å². The van der Waals surface area contributed by atoms with Gasteiger partial charge < -0.3 is 5.11 Å². The van der Waals surface area contributed by atoms with Crippen molar-refractivity contribution in [3.8, 4) is 0 Å². The maximum atomic E-state index is 10.6.